The van der Waals surface area contributed by atoms with Crippen LogP contribution in [0.5, 0.6) is 0 Å². The van der Waals surface area contributed by atoms with Gasteiger partial charge in [0.15, 0.2) is 0 Å². The minimum absolute atomic E-state index is 0.0549. The molecule has 1 amide bonds. The van der Waals surface area contributed by atoms with Crippen LogP contribution >= 0.6 is 0 Å². The Morgan fingerprint density at radius 3 is 1.25 bits per heavy atom. The third-order valence-electron chi connectivity index (χ3n) is 13.1. The maximum atomic E-state index is 13.3. The molecule has 0 aromatic rings. The van der Waals surface area contributed by atoms with Crippen molar-refractivity contribution in [2.75, 3.05) is 6.61 Å². The minimum atomic E-state index is -0.800. The fraction of sp³-hybridized carbons (Fsp3) is 0.774. The Morgan fingerprint density at radius 1 is 0.426 bits per heavy atom. The van der Waals surface area contributed by atoms with E-state index >= 15 is 0 Å². The largest absolute Gasteiger partial charge is 0.462 e. The van der Waals surface area contributed by atoms with E-state index in [0.29, 0.717) is 19.3 Å². The highest BCUT2D eigenvalue weighted by molar-refractivity contribution is 5.77. The van der Waals surface area contributed by atoms with Crippen LogP contribution in [0.3, 0.4) is 0 Å². The van der Waals surface area contributed by atoms with Gasteiger partial charge in [0, 0.05) is 6.42 Å². The average molecular weight is 951 g/mol. The van der Waals surface area contributed by atoms with Gasteiger partial charge in [-0.1, -0.05) is 273 Å². The van der Waals surface area contributed by atoms with Crippen molar-refractivity contribution in [1.29, 1.82) is 0 Å². The molecular formula is C62H111NO5. The zero-order valence-electron chi connectivity index (χ0n) is 45.0. The molecule has 68 heavy (non-hydrogen) atoms. The third-order valence-corrected chi connectivity index (χ3v) is 13.1. The first-order valence-electron chi connectivity index (χ1n) is 29.2. The Kier molecular flexibility index (Phi) is 53.0. The predicted octanol–water partition coefficient (Wildman–Crippen LogP) is 18.1. The molecule has 0 aromatic carbocycles. The first-order valence-corrected chi connectivity index (χ1v) is 29.2. The number of unbranched alkanes of at least 4 members (excludes halogenated alkanes) is 32. The van der Waals surface area contributed by atoms with Gasteiger partial charge >= 0.3 is 5.97 Å². The van der Waals surface area contributed by atoms with Gasteiger partial charge in [-0.2, -0.15) is 0 Å². The summed E-state index contributed by atoms with van der Waals surface area (Å²) in [5.41, 5.74) is 0. The maximum absolute atomic E-state index is 13.3. The molecule has 0 bridgehead atoms. The molecule has 0 rings (SSSR count). The quantitative estimate of drug-likeness (QED) is 0.0244. The van der Waals surface area contributed by atoms with Crippen molar-refractivity contribution in [2.24, 2.45) is 0 Å². The highest BCUT2D eigenvalue weighted by Crippen LogP contribution is 2.18. The third kappa shape index (κ3) is 49.7. The highest BCUT2D eigenvalue weighted by atomic mass is 16.5. The standard InChI is InChI=1S/C62H111NO5/c1-4-7-10-13-16-19-22-25-28-30-31-34-37-40-43-46-49-52-55-62(67)68-58(53-50-47-44-41-38-35-33-29-26-23-20-17-14-11-8-5-2)56-61(66)63-59(57-64)60(65)54-51-48-45-42-39-36-32-27-24-21-18-15-12-9-6-3/h10,13,16,19,22,25,28,30-31,34-35,38,58-60,64-65H,4-9,11-12,14-15,17-18,20-21,23-24,26-27,29,32-33,36-37,39-57H2,1-3H3,(H,63,66)/b13-10+,19-16+,25-22+,30-28+,34-31+,38-35+. The van der Waals surface area contributed by atoms with E-state index in [1.54, 1.807) is 0 Å². The Balaban J connectivity index is 4.64. The second-order valence-corrected chi connectivity index (χ2v) is 19.8. The van der Waals surface area contributed by atoms with E-state index in [1.807, 2.05) is 24.3 Å². The molecule has 0 radical (unpaired) electrons. The summed E-state index contributed by atoms with van der Waals surface area (Å²) in [7, 11) is 0. The lowest BCUT2D eigenvalue weighted by Gasteiger charge is -2.24. The molecule has 0 heterocycles. The van der Waals surface area contributed by atoms with Crippen molar-refractivity contribution in [2.45, 2.75) is 302 Å². The number of aliphatic hydroxyl groups excluding tert-OH is 2. The Labute approximate surface area is 421 Å². The summed E-state index contributed by atoms with van der Waals surface area (Å²) in [6, 6.07) is -0.715. The summed E-state index contributed by atoms with van der Waals surface area (Å²) in [5, 5.41) is 23.9. The number of amides is 1. The van der Waals surface area contributed by atoms with E-state index in [1.165, 1.54) is 141 Å². The molecule has 0 aliphatic carbocycles. The average Bonchev–Trinajstić information content (AvgIpc) is 3.33. The van der Waals surface area contributed by atoms with Gasteiger partial charge in [-0.05, 0) is 70.6 Å². The number of hydrogen-bond donors (Lipinski definition) is 3. The molecule has 3 atom stereocenters. The molecule has 0 aliphatic heterocycles. The predicted molar refractivity (Wildman–Crippen MR) is 296 cm³/mol. The van der Waals surface area contributed by atoms with E-state index in [2.05, 4.69) is 74.7 Å². The number of nitrogens with one attached hydrogen (secondary N) is 1. The lowest BCUT2D eigenvalue weighted by atomic mass is 10.0. The fourth-order valence-corrected chi connectivity index (χ4v) is 8.69. The van der Waals surface area contributed by atoms with E-state index in [4.69, 9.17) is 4.74 Å². The summed E-state index contributed by atoms with van der Waals surface area (Å²) in [6.45, 7) is 6.41. The van der Waals surface area contributed by atoms with Crippen molar-refractivity contribution < 1.29 is 24.5 Å². The molecular weight excluding hydrogens is 839 g/mol. The topological polar surface area (TPSA) is 95.9 Å². The lowest BCUT2D eigenvalue weighted by Crippen LogP contribution is -2.46. The van der Waals surface area contributed by atoms with E-state index < -0.39 is 18.2 Å². The fourth-order valence-electron chi connectivity index (χ4n) is 8.69. The maximum Gasteiger partial charge on any atom is 0.306 e. The molecule has 0 aromatic heterocycles. The molecule has 0 fully saturated rings. The molecule has 6 nitrogen and oxygen atoms in total. The van der Waals surface area contributed by atoms with Crippen molar-refractivity contribution in [3.63, 3.8) is 0 Å². The lowest BCUT2D eigenvalue weighted by molar-refractivity contribution is -0.151. The molecule has 0 saturated heterocycles. The highest BCUT2D eigenvalue weighted by Gasteiger charge is 2.24. The summed E-state index contributed by atoms with van der Waals surface area (Å²) in [4.78, 5) is 26.3. The molecule has 0 saturated carbocycles. The number of carbonyl (C=O) groups excluding carboxylic acids is 2. The Bertz CT molecular complexity index is 1250. The molecule has 3 unspecified atom stereocenters. The van der Waals surface area contributed by atoms with E-state index in [0.717, 1.165) is 96.3 Å². The second-order valence-electron chi connectivity index (χ2n) is 19.8. The van der Waals surface area contributed by atoms with Gasteiger partial charge in [0.1, 0.15) is 6.10 Å². The first-order chi connectivity index (χ1) is 33.5. The zero-order valence-corrected chi connectivity index (χ0v) is 45.0. The van der Waals surface area contributed by atoms with E-state index in [-0.39, 0.29) is 24.9 Å². The van der Waals surface area contributed by atoms with Crippen LogP contribution in [0.25, 0.3) is 0 Å². The van der Waals surface area contributed by atoms with Gasteiger partial charge in [-0.3, -0.25) is 9.59 Å². The number of carbonyl (C=O) groups is 2. The van der Waals surface area contributed by atoms with Crippen molar-refractivity contribution >= 4 is 11.9 Å². The van der Waals surface area contributed by atoms with Gasteiger partial charge < -0.3 is 20.3 Å². The monoisotopic (exact) mass is 950 g/mol. The zero-order chi connectivity index (χ0) is 49.5. The number of allylic oxidation sites excluding steroid dienone is 12. The summed E-state index contributed by atoms with van der Waals surface area (Å²) in [5.74, 6) is -0.512. The summed E-state index contributed by atoms with van der Waals surface area (Å²) in [6.07, 6.45) is 71.0. The number of ether oxygens (including phenoxy) is 1. The van der Waals surface area contributed by atoms with Crippen LogP contribution in [0.2, 0.25) is 0 Å². The SMILES string of the molecule is CCC/C=C/C=C/C=C/C=C/C=C/CCCCCCCC(=O)OC(CCCCC/C=C/CCCCCCCCCCC)CC(=O)NC(CO)C(O)CCCCCCCCCCCCCCCCC. The molecule has 3 N–H and O–H groups in total. The Morgan fingerprint density at radius 2 is 0.794 bits per heavy atom. The van der Waals surface area contributed by atoms with Gasteiger partial charge in [0.25, 0.3) is 0 Å². The first kappa shape index (κ1) is 65.3. The number of aliphatic hydroxyl groups is 2. The molecule has 0 spiro atoms. The van der Waals surface area contributed by atoms with Crippen LogP contribution in [0, 0.1) is 0 Å². The normalized spacial score (nSPS) is 13.7. The van der Waals surface area contributed by atoms with Crippen molar-refractivity contribution in [3.05, 3.63) is 72.9 Å². The Hall–Kier alpha value is -2.70. The number of hydrogen-bond acceptors (Lipinski definition) is 5. The van der Waals surface area contributed by atoms with Crippen LogP contribution in [0.4, 0.5) is 0 Å². The van der Waals surface area contributed by atoms with Gasteiger partial charge in [-0.15, -0.1) is 0 Å². The van der Waals surface area contributed by atoms with Crippen LogP contribution in [0.15, 0.2) is 72.9 Å². The molecule has 6 heteroatoms. The van der Waals surface area contributed by atoms with Crippen LogP contribution in [-0.4, -0.2) is 46.9 Å². The molecule has 0 aliphatic rings. The summed E-state index contributed by atoms with van der Waals surface area (Å²) >= 11 is 0. The van der Waals surface area contributed by atoms with E-state index in [9.17, 15) is 19.8 Å². The molecule has 394 valence electrons. The van der Waals surface area contributed by atoms with Crippen LogP contribution in [0.1, 0.15) is 284 Å². The minimum Gasteiger partial charge on any atom is -0.462 e. The number of rotatable bonds is 52. The second kappa shape index (κ2) is 55.2. The van der Waals surface area contributed by atoms with Crippen molar-refractivity contribution in [3.8, 4) is 0 Å². The van der Waals surface area contributed by atoms with Gasteiger partial charge in [0.05, 0.1) is 25.2 Å². The number of esters is 1. The van der Waals surface area contributed by atoms with Gasteiger partial charge in [-0.25, -0.2) is 0 Å². The van der Waals surface area contributed by atoms with Gasteiger partial charge in [0.2, 0.25) is 5.91 Å². The van der Waals surface area contributed by atoms with Crippen LogP contribution < -0.4 is 5.32 Å². The summed E-state index contributed by atoms with van der Waals surface area (Å²) < 4.78 is 5.95. The van der Waals surface area contributed by atoms with Crippen LogP contribution in [-0.2, 0) is 14.3 Å². The smallest absolute Gasteiger partial charge is 0.306 e. The van der Waals surface area contributed by atoms with Crippen molar-refractivity contribution in [1.82, 2.24) is 5.32 Å².